The Hall–Kier alpha value is -2.53. The summed E-state index contributed by atoms with van der Waals surface area (Å²) >= 11 is 0. The van der Waals surface area contributed by atoms with Gasteiger partial charge in [0.15, 0.2) is 0 Å². The van der Waals surface area contributed by atoms with Crippen LogP contribution in [0.25, 0.3) is 11.1 Å². The van der Waals surface area contributed by atoms with Crippen molar-refractivity contribution in [1.29, 1.82) is 0 Å². The predicted octanol–water partition coefficient (Wildman–Crippen LogP) is 1.55. The second-order valence-electron chi connectivity index (χ2n) is 3.98. The third-order valence-corrected chi connectivity index (χ3v) is 2.84. The maximum absolute atomic E-state index is 11.8. The summed E-state index contributed by atoms with van der Waals surface area (Å²) in [6.45, 7) is 0. The van der Waals surface area contributed by atoms with Gasteiger partial charge in [-0.05, 0) is 29.3 Å². The lowest BCUT2D eigenvalue weighted by Crippen LogP contribution is -2.31. The Morgan fingerprint density at radius 1 is 1.21 bits per heavy atom. The summed E-state index contributed by atoms with van der Waals surface area (Å²) < 4.78 is 5.18. The van der Waals surface area contributed by atoms with E-state index in [2.05, 4.69) is 5.43 Å². The number of hydrogen-bond donors (Lipinski definition) is 3. The van der Waals surface area contributed by atoms with Gasteiger partial charge in [0, 0.05) is 5.69 Å². The molecule has 0 aliphatic heterocycles. The molecule has 0 radical (unpaired) electrons. The average Bonchev–Trinajstić information content (AvgIpc) is 2.46. The number of carbonyl (C=O) groups is 1. The van der Waals surface area contributed by atoms with Crippen LogP contribution in [0.1, 0.15) is 10.4 Å². The average molecular weight is 257 g/mol. The number of nitrogen functional groups attached to an aromatic ring is 2. The fourth-order valence-corrected chi connectivity index (χ4v) is 1.93. The number of hydrazine groups is 1. The van der Waals surface area contributed by atoms with Crippen LogP contribution in [0.5, 0.6) is 5.75 Å². The van der Waals surface area contributed by atoms with Crippen molar-refractivity contribution in [1.82, 2.24) is 5.43 Å². The van der Waals surface area contributed by atoms with Gasteiger partial charge in [-0.2, -0.15) is 0 Å². The molecule has 0 atom stereocenters. The van der Waals surface area contributed by atoms with Crippen LogP contribution in [0, 0.1) is 0 Å². The quantitative estimate of drug-likeness (QED) is 0.337. The zero-order valence-electron chi connectivity index (χ0n) is 10.5. The number of methoxy groups -OCH3 is 1. The van der Waals surface area contributed by atoms with Gasteiger partial charge in [-0.25, -0.2) is 5.84 Å². The van der Waals surface area contributed by atoms with Gasteiger partial charge in [-0.15, -0.1) is 0 Å². The Bertz CT molecular complexity index is 611. The fourth-order valence-electron chi connectivity index (χ4n) is 1.93. The first-order chi connectivity index (χ1) is 9.17. The molecule has 0 spiro atoms. The largest absolute Gasteiger partial charge is 0.497 e. The van der Waals surface area contributed by atoms with Crippen LogP contribution in [0.2, 0.25) is 0 Å². The highest BCUT2D eigenvalue weighted by atomic mass is 16.5. The zero-order chi connectivity index (χ0) is 13.8. The molecule has 0 fully saturated rings. The lowest BCUT2D eigenvalue weighted by molar-refractivity contribution is 0.0955. The third kappa shape index (κ3) is 2.51. The van der Waals surface area contributed by atoms with E-state index in [1.54, 1.807) is 19.2 Å². The molecule has 0 aliphatic carbocycles. The van der Waals surface area contributed by atoms with Crippen molar-refractivity contribution >= 4 is 11.6 Å². The highest BCUT2D eigenvalue weighted by Gasteiger charge is 2.15. The number of nitrogens with one attached hydrogen (secondary N) is 1. The van der Waals surface area contributed by atoms with Crippen LogP contribution in [-0.2, 0) is 0 Å². The van der Waals surface area contributed by atoms with Crippen molar-refractivity contribution in [3.05, 3.63) is 48.0 Å². The molecule has 2 aromatic rings. The maximum atomic E-state index is 11.8. The molecule has 2 aromatic carbocycles. The predicted molar refractivity (Wildman–Crippen MR) is 74.5 cm³/mol. The van der Waals surface area contributed by atoms with Gasteiger partial charge in [-0.3, -0.25) is 10.2 Å². The molecule has 5 N–H and O–H groups in total. The zero-order valence-corrected chi connectivity index (χ0v) is 10.5. The summed E-state index contributed by atoms with van der Waals surface area (Å²) in [6, 6.07) is 12.7. The Labute approximate surface area is 111 Å². The molecule has 5 nitrogen and oxygen atoms in total. The first kappa shape index (κ1) is 12.9. The summed E-state index contributed by atoms with van der Waals surface area (Å²) in [4.78, 5) is 11.8. The van der Waals surface area contributed by atoms with E-state index in [4.69, 9.17) is 16.3 Å². The molecule has 0 saturated heterocycles. The number of amides is 1. The number of anilines is 1. The smallest absolute Gasteiger partial charge is 0.267 e. The Morgan fingerprint density at radius 3 is 2.63 bits per heavy atom. The van der Waals surface area contributed by atoms with E-state index in [-0.39, 0.29) is 0 Å². The molecule has 0 aromatic heterocycles. The molecule has 0 heterocycles. The van der Waals surface area contributed by atoms with Gasteiger partial charge in [0.1, 0.15) is 5.75 Å². The molecule has 0 bridgehead atoms. The van der Waals surface area contributed by atoms with Crippen LogP contribution >= 0.6 is 0 Å². The molecule has 0 unspecified atom stereocenters. The molecular formula is C14H15N3O2. The van der Waals surface area contributed by atoms with Crippen molar-refractivity contribution in [3.8, 4) is 16.9 Å². The topological polar surface area (TPSA) is 90.4 Å². The summed E-state index contributed by atoms with van der Waals surface area (Å²) in [6.07, 6.45) is 0. The van der Waals surface area contributed by atoms with Crippen molar-refractivity contribution in [2.45, 2.75) is 0 Å². The van der Waals surface area contributed by atoms with Crippen LogP contribution in [0.3, 0.4) is 0 Å². The van der Waals surface area contributed by atoms with Gasteiger partial charge < -0.3 is 10.5 Å². The normalized spacial score (nSPS) is 10.0. The third-order valence-electron chi connectivity index (χ3n) is 2.84. The molecular weight excluding hydrogens is 242 g/mol. The Morgan fingerprint density at radius 2 is 1.95 bits per heavy atom. The van der Waals surface area contributed by atoms with E-state index in [0.29, 0.717) is 22.6 Å². The van der Waals surface area contributed by atoms with E-state index < -0.39 is 5.91 Å². The monoisotopic (exact) mass is 257 g/mol. The number of hydrogen-bond acceptors (Lipinski definition) is 4. The first-order valence-electron chi connectivity index (χ1n) is 5.71. The summed E-state index contributed by atoms with van der Waals surface area (Å²) in [5.74, 6) is 5.48. The second kappa shape index (κ2) is 5.41. The van der Waals surface area contributed by atoms with E-state index in [1.165, 1.54) is 0 Å². The van der Waals surface area contributed by atoms with Crippen molar-refractivity contribution in [2.24, 2.45) is 5.84 Å². The fraction of sp³-hybridized carbons (Fsp3) is 0.0714. The number of rotatable bonds is 3. The second-order valence-corrected chi connectivity index (χ2v) is 3.98. The van der Waals surface area contributed by atoms with Gasteiger partial charge in [0.2, 0.25) is 0 Å². The lowest BCUT2D eigenvalue weighted by Gasteiger charge is -2.12. The molecule has 2 rings (SSSR count). The van der Waals surface area contributed by atoms with Crippen molar-refractivity contribution in [3.63, 3.8) is 0 Å². The van der Waals surface area contributed by atoms with Gasteiger partial charge in [0.05, 0.1) is 12.7 Å². The highest BCUT2D eigenvalue weighted by molar-refractivity contribution is 6.05. The van der Waals surface area contributed by atoms with Crippen LogP contribution in [0.15, 0.2) is 42.5 Å². The van der Waals surface area contributed by atoms with E-state index in [1.807, 2.05) is 30.3 Å². The minimum Gasteiger partial charge on any atom is -0.497 e. The van der Waals surface area contributed by atoms with Crippen LogP contribution in [-0.4, -0.2) is 13.0 Å². The van der Waals surface area contributed by atoms with Crippen LogP contribution in [0.4, 0.5) is 5.69 Å². The first-order valence-corrected chi connectivity index (χ1v) is 5.71. The molecule has 98 valence electrons. The number of ether oxygens (including phenoxy) is 1. The maximum Gasteiger partial charge on any atom is 0.267 e. The minimum absolute atomic E-state index is 0.359. The molecule has 5 heteroatoms. The molecule has 19 heavy (non-hydrogen) atoms. The SMILES string of the molecule is COc1cccc(-c2cccc(N)c2C(=O)NN)c1. The molecule has 0 aliphatic rings. The van der Waals surface area contributed by atoms with E-state index >= 15 is 0 Å². The summed E-state index contributed by atoms with van der Waals surface area (Å²) in [5.41, 5.74) is 10.3. The molecule has 1 amide bonds. The number of nitrogens with two attached hydrogens (primary N) is 2. The van der Waals surface area contributed by atoms with E-state index in [9.17, 15) is 4.79 Å². The van der Waals surface area contributed by atoms with E-state index in [0.717, 1.165) is 5.56 Å². The van der Waals surface area contributed by atoms with Crippen molar-refractivity contribution < 1.29 is 9.53 Å². The number of benzene rings is 2. The lowest BCUT2D eigenvalue weighted by atomic mass is 9.97. The summed E-state index contributed by atoms with van der Waals surface area (Å²) in [5, 5.41) is 0. The Kier molecular flexibility index (Phi) is 3.68. The number of carbonyl (C=O) groups excluding carboxylic acids is 1. The standard InChI is InChI=1S/C14H15N3O2/c1-19-10-5-2-4-9(8-10)11-6-3-7-12(15)13(11)14(18)17-16/h2-8H,15-16H2,1H3,(H,17,18). The highest BCUT2D eigenvalue weighted by Crippen LogP contribution is 2.29. The van der Waals surface area contributed by atoms with Gasteiger partial charge in [-0.1, -0.05) is 24.3 Å². The van der Waals surface area contributed by atoms with Crippen LogP contribution < -0.4 is 21.7 Å². The molecule has 0 saturated carbocycles. The van der Waals surface area contributed by atoms with Gasteiger partial charge in [0.25, 0.3) is 5.91 Å². The van der Waals surface area contributed by atoms with Crippen molar-refractivity contribution in [2.75, 3.05) is 12.8 Å². The van der Waals surface area contributed by atoms with Gasteiger partial charge >= 0.3 is 0 Å². The summed E-state index contributed by atoms with van der Waals surface area (Å²) in [7, 11) is 1.59. The minimum atomic E-state index is -0.420. The Balaban J connectivity index is 2.61.